The highest BCUT2D eigenvalue weighted by atomic mass is 19.1. The number of amides is 1. The zero-order chi connectivity index (χ0) is 13.7. The average Bonchev–Trinajstić information content (AvgIpc) is 2.25. The van der Waals surface area contributed by atoms with Gasteiger partial charge in [0, 0.05) is 18.3 Å². The zero-order valence-corrected chi connectivity index (χ0v) is 10.6. The quantitative estimate of drug-likeness (QED) is 0.583. The molecule has 1 aromatic carbocycles. The molecule has 1 amide bonds. The summed E-state index contributed by atoms with van der Waals surface area (Å²) in [6, 6.07) is 2.28. The lowest BCUT2D eigenvalue weighted by Crippen LogP contribution is -2.16. The van der Waals surface area contributed by atoms with Gasteiger partial charge in [0.25, 0.3) is 5.91 Å². The third-order valence-electron chi connectivity index (χ3n) is 2.38. The van der Waals surface area contributed by atoms with Gasteiger partial charge < -0.3 is 21.1 Å². The van der Waals surface area contributed by atoms with Gasteiger partial charge in [-0.05, 0) is 26.6 Å². The fraction of sp³-hybridized carbons (Fsp3) is 0.417. The maximum atomic E-state index is 13.5. The van der Waals surface area contributed by atoms with Crippen LogP contribution in [0.5, 0.6) is 5.75 Å². The van der Waals surface area contributed by atoms with Gasteiger partial charge in [-0.2, -0.15) is 0 Å². The SMILES string of the molecule is CN(C)CCCOc1cc(C(N)=O)c(N)cc1F. The van der Waals surface area contributed by atoms with E-state index in [-0.39, 0.29) is 17.0 Å². The number of anilines is 1. The number of carbonyl (C=O) groups excluding carboxylic acids is 1. The molecular weight excluding hydrogens is 237 g/mol. The van der Waals surface area contributed by atoms with E-state index >= 15 is 0 Å². The van der Waals surface area contributed by atoms with Crippen LogP contribution < -0.4 is 16.2 Å². The topological polar surface area (TPSA) is 81.6 Å². The van der Waals surface area contributed by atoms with Crippen molar-refractivity contribution in [2.45, 2.75) is 6.42 Å². The van der Waals surface area contributed by atoms with E-state index in [9.17, 15) is 9.18 Å². The third kappa shape index (κ3) is 3.89. The highest BCUT2D eigenvalue weighted by Crippen LogP contribution is 2.24. The molecule has 0 saturated carbocycles. The van der Waals surface area contributed by atoms with E-state index in [0.717, 1.165) is 19.0 Å². The molecule has 6 heteroatoms. The molecule has 18 heavy (non-hydrogen) atoms. The lowest BCUT2D eigenvalue weighted by molar-refractivity contribution is 0.100. The van der Waals surface area contributed by atoms with Crippen molar-refractivity contribution in [3.63, 3.8) is 0 Å². The van der Waals surface area contributed by atoms with E-state index in [4.69, 9.17) is 16.2 Å². The summed E-state index contributed by atoms with van der Waals surface area (Å²) < 4.78 is 18.8. The Bertz CT molecular complexity index is 436. The number of rotatable bonds is 6. The van der Waals surface area contributed by atoms with Crippen LogP contribution >= 0.6 is 0 Å². The predicted molar refractivity (Wildman–Crippen MR) is 68.0 cm³/mol. The molecular formula is C12H18FN3O2. The van der Waals surface area contributed by atoms with Crippen LogP contribution in [0.3, 0.4) is 0 Å². The molecule has 0 atom stereocenters. The molecule has 0 aromatic heterocycles. The first kappa shape index (κ1) is 14.2. The predicted octanol–water partition coefficient (Wildman–Crippen LogP) is 0.837. The number of carbonyl (C=O) groups is 1. The van der Waals surface area contributed by atoms with Gasteiger partial charge in [-0.1, -0.05) is 0 Å². The Morgan fingerprint density at radius 2 is 2.11 bits per heavy atom. The van der Waals surface area contributed by atoms with Crippen LogP contribution in [0.1, 0.15) is 16.8 Å². The number of hydrogen-bond acceptors (Lipinski definition) is 4. The smallest absolute Gasteiger partial charge is 0.250 e. The molecule has 0 aliphatic carbocycles. The summed E-state index contributed by atoms with van der Waals surface area (Å²) in [5, 5.41) is 0. The Labute approximate surface area is 106 Å². The summed E-state index contributed by atoms with van der Waals surface area (Å²) in [7, 11) is 3.88. The average molecular weight is 255 g/mol. The minimum absolute atomic E-state index is 0.00300. The third-order valence-corrected chi connectivity index (χ3v) is 2.38. The summed E-state index contributed by atoms with van der Waals surface area (Å²) in [5.41, 5.74) is 10.7. The van der Waals surface area contributed by atoms with Crippen molar-refractivity contribution < 1.29 is 13.9 Å². The van der Waals surface area contributed by atoms with Gasteiger partial charge in [0.1, 0.15) is 0 Å². The molecule has 0 bridgehead atoms. The van der Waals surface area contributed by atoms with Crippen LogP contribution in [0.4, 0.5) is 10.1 Å². The molecule has 0 fully saturated rings. The molecule has 0 radical (unpaired) electrons. The number of ether oxygens (including phenoxy) is 1. The van der Waals surface area contributed by atoms with Gasteiger partial charge in [-0.3, -0.25) is 4.79 Å². The summed E-state index contributed by atoms with van der Waals surface area (Å²) in [6.07, 6.45) is 0.753. The van der Waals surface area contributed by atoms with Gasteiger partial charge in [0.05, 0.1) is 12.2 Å². The minimum Gasteiger partial charge on any atom is -0.490 e. The van der Waals surface area contributed by atoms with Crippen molar-refractivity contribution in [3.05, 3.63) is 23.5 Å². The second-order valence-electron chi connectivity index (χ2n) is 4.24. The molecule has 0 unspecified atom stereocenters. The van der Waals surface area contributed by atoms with E-state index in [1.54, 1.807) is 0 Å². The summed E-state index contributed by atoms with van der Waals surface area (Å²) in [4.78, 5) is 13.1. The van der Waals surface area contributed by atoms with E-state index in [0.29, 0.717) is 6.61 Å². The van der Waals surface area contributed by atoms with Crippen molar-refractivity contribution in [2.75, 3.05) is 33.0 Å². The van der Waals surface area contributed by atoms with Crippen LogP contribution in [-0.2, 0) is 0 Å². The molecule has 1 aromatic rings. The monoisotopic (exact) mass is 255 g/mol. The number of benzene rings is 1. The Morgan fingerprint density at radius 1 is 1.44 bits per heavy atom. The minimum atomic E-state index is -0.703. The summed E-state index contributed by atoms with van der Waals surface area (Å²) in [6.45, 7) is 1.19. The van der Waals surface area contributed by atoms with Crippen LogP contribution in [0.25, 0.3) is 0 Å². The molecule has 0 heterocycles. The number of nitrogens with zero attached hydrogens (tertiary/aromatic N) is 1. The maximum absolute atomic E-state index is 13.5. The van der Waals surface area contributed by atoms with Gasteiger partial charge in [-0.15, -0.1) is 0 Å². The lowest BCUT2D eigenvalue weighted by atomic mass is 10.1. The molecule has 0 aliphatic heterocycles. The number of nitrogen functional groups attached to an aromatic ring is 1. The van der Waals surface area contributed by atoms with E-state index in [1.165, 1.54) is 6.07 Å². The first-order valence-corrected chi connectivity index (χ1v) is 5.58. The maximum Gasteiger partial charge on any atom is 0.250 e. The zero-order valence-electron chi connectivity index (χ0n) is 10.6. The molecule has 100 valence electrons. The lowest BCUT2D eigenvalue weighted by Gasteiger charge is -2.12. The number of nitrogens with two attached hydrogens (primary N) is 2. The standard InChI is InChI=1S/C12H18FN3O2/c1-16(2)4-3-5-18-11-6-8(12(15)17)10(14)7-9(11)13/h6-7H,3-5,14H2,1-2H3,(H2,15,17). The van der Waals surface area contributed by atoms with Crippen LogP contribution in [0.15, 0.2) is 12.1 Å². The highest BCUT2D eigenvalue weighted by molar-refractivity contribution is 5.98. The second kappa shape index (κ2) is 6.20. The van der Waals surface area contributed by atoms with Gasteiger partial charge in [0.15, 0.2) is 11.6 Å². The van der Waals surface area contributed by atoms with E-state index < -0.39 is 11.7 Å². The van der Waals surface area contributed by atoms with Crippen LogP contribution in [-0.4, -0.2) is 38.1 Å². The van der Waals surface area contributed by atoms with Crippen molar-refractivity contribution >= 4 is 11.6 Å². The Morgan fingerprint density at radius 3 is 2.67 bits per heavy atom. The Hall–Kier alpha value is -1.82. The van der Waals surface area contributed by atoms with Gasteiger partial charge in [-0.25, -0.2) is 4.39 Å². The molecule has 0 spiro atoms. The van der Waals surface area contributed by atoms with Crippen molar-refractivity contribution in [1.82, 2.24) is 4.90 Å². The molecule has 1 rings (SSSR count). The van der Waals surface area contributed by atoms with E-state index in [1.807, 2.05) is 19.0 Å². The summed E-state index contributed by atoms with van der Waals surface area (Å²) in [5.74, 6) is -1.30. The molecule has 0 aliphatic rings. The molecule has 4 N–H and O–H groups in total. The fourth-order valence-corrected chi connectivity index (χ4v) is 1.46. The molecule has 5 nitrogen and oxygen atoms in total. The van der Waals surface area contributed by atoms with Gasteiger partial charge in [0.2, 0.25) is 0 Å². The first-order valence-electron chi connectivity index (χ1n) is 5.58. The van der Waals surface area contributed by atoms with Crippen LogP contribution in [0, 0.1) is 5.82 Å². The van der Waals surface area contributed by atoms with Crippen LogP contribution in [0.2, 0.25) is 0 Å². The number of halogens is 1. The Balaban J connectivity index is 2.70. The first-order chi connectivity index (χ1) is 8.41. The molecule has 0 saturated heterocycles. The van der Waals surface area contributed by atoms with Crippen molar-refractivity contribution in [2.24, 2.45) is 5.73 Å². The second-order valence-corrected chi connectivity index (χ2v) is 4.24. The number of hydrogen-bond donors (Lipinski definition) is 2. The summed E-state index contributed by atoms with van der Waals surface area (Å²) >= 11 is 0. The van der Waals surface area contributed by atoms with Gasteiger partial charge >= 0.3 is 0 Å². The number of primary amides is 1. The fourth-order valence-electron chi connectivity index (χ4n) is 1.46. The largest absolute Gasteiger partial charge is 0.490 e. The Kier molecular flexibility index (Phi) is 4.91. The van der Waals surface area contributed by atoms with E-state index in [2.05, 4.69) is 0 Å². The van der Waals surface area contributed by atoms with Crippen molar-refractivity contribution in [1.29, 1.82) is 0 Å². The highest BCUT2D eigenvalue weighted by Gasteiger charge is 2.12. The van der Waals surface area contributed by atoms with Crippen molar-refractivity contribution in [3.8, 4) is 5.75 Å². The normalized spacial score (nSPS) is 10.7.